The minimum atomic E-state index is -0.209. The maximum Gasteiger partial charge on any atom is 0.255 e. The number of allylic oxidation sites excluding steroid dienone is 1. The summed E-state index contributed by atoms with van der Waals surface area (Å²) in [7, 11) is 1.91. The van der Waals surface area contributed by atoms with Crippen LogP contribution in [0.5, 0.6) is 0 Å². The quantitative estimate of drug-likeness (QED) is 0.352. The van der Waals surface area contributed by atoms with Crippen molar-refractivity contribution in [3.63, 3.8) is 0 Å². The molecule has 0 atom stereocenters. The molecule has 0 saturated carbocycles. The smallest absolute Gasteiger partial charge is 0.255 e. The molecule has 31 heavy (non-hydrogen) atoms. The largest absolute Gasteiger partial charge is 0.395 e. The normalized spacial score (nSPS) is 10.8. The summed E-state index contributed by atoms with van der Waals surface area (Å²) in [6.07, 6.45) is 3.29. The Morgan fingerprint density at radius 3 is 2.16 bits per heavy atom. The second kappa shape index (κ2) is 10.7. The standard InChI is InChI=1S/C25H23BrN2O3/c1-28(16-17-29)23-13-2-18(3-14-23)4-15-24(30)19-7-11-22(12-8-19)27-25(31)20-5-9-21(26)10-6-20/h2-15,29H,16-17H2,1H3,(H,27,31)/b15-4+. The van der Waals surface area contributed by atoms with E-state index in [9.17, 15) is 9.59 Å². The summed E-state index contributed by atoms with van der Waals surface area (Å²) in [6, 6.07) is 21.6. The van der Waals surface area contributed by atoms with Crippen LogP contribution in [0.3, 0.4) is 0 Å². The number of rotatable bonds is 8. The number of nitrogens with zero attached hydrogens (tertiary/aromatic N) is 1. The molecule has 5 nitrogen and oxygen atoms in total. The maximum absolute atomic E-state index is 12.5. The van der Waals surface area contributed by atoms with Gasteiger partial charge in [-0.2, -0.15) is 0 Å². The first-order valence-electron chi connectivity index (χ1n) is 9.78. The monoisotopic (exact) mass is 478 g/mol. The average molecular weight is 479 g/mol. The molecular weight excluding hydrogens is 456 g/mol. The highest BCUT2D eigenvalue weighted by molar-refractivity contribution is 9.10. The lowest BCUT2D eigenvalue weighted by Gasteiger charge is -2.17. The number of hydrogen-bond donors (Lipinski definition) is 2. The van der Waals surface area contributed by atoms with Gasteiger partial charge in [0.05, 0.1) is 6.61 Å². The Bertz CT molecular complexity index is 1060. The van der Waals surface area contributed by atoms with Crippen LogP contribution in [0.15, 0.2) is 83.3 Å². The van der Waals surface area contributed by atoms with Crippen molar-refractivity contribution in [2.75, 3.05) is 30.4 Å². The summed E-state index contributed by atoms with van der Waals surface area (Å²) in [5.74, 6) is -0.327. The molecule has 158 valence electrons. The van der Waals surface area contributed by atoms with E-state index in [0.29, 0.717) is 23.4 Å². The molecule has 0 unspecified atom stereocenters. The average Bonchev–Trinajstić information content (AvgIpc) is 2.79. The highest BCUT2D eigenvalue weighted by Crippen LogP contribution is 2.16. The Kier molecular flexibility index (Phi) is 7.76. The van der Waals surface area contributed by atoms with Crippen molar-refractivity contribution < 1.29 is 14.7 Å². The lowest BCUT2D eigenvalue weighted by atomic mass is 10.1. The fraction of sp³-hybridized carbons (Fsp3) is 0.120. The second-order valence-corrected chi connectivity index (χ2v) is 7.89. The molecule has 3 rings (SSSR count). The van der Waals surface area contributed by atoms with E-state index in [2.05, 4.69) is 21.2 Å². The number of aliphatic hydroxyl groups excluding tert-OH is 1. The van der Waals surface area contributed by atoms with Gasteiger partial charge in [0.15, 0.2) is 5.78 Å². The number of likely N-dealkylation sites (N-methyl/N-ethyl adjacent to an activating group) is 1. The Labute approximate surface area is 190 Å². The highest BCUT2D eigenvalue weighted by Gasteiger charge is 2.07. The minimum absolute atomic E-state index is 0.0966. The van der Waals surface area contributed by atoms with Gasteiger partial charge in [-0.3, -0.25) is 9.59 Å². The first kappa shape index (κ1) is 22.5. The summed E-state index contributed by atoms with van der Waals surface area (Å²) in [6.45, 7) is 0.659. The Morgan fingerprint density at radius 2 is 1.55 bits per heavy atom. The first-order chi connectivity index (χ1) is 15.0. The third kappa shape index (κ3) is 6.38. The van der Waals surface area contributed by atoms with Gasteiger partial charge in [-0.1, -0.05) is 34.1 Å². The predicted octanol–water partition coefficient (Wildman–Crippen LogP) is 5.03. The number of benzene rings is 3. The van der Waals surface area contributed by atoms with Gasteiger partial charge in [0.25, 0.3) is 5.91 Å². The zero-order valence-corrected chi connectivity index (χ0v) is 18.7. The van der Waals surface area contributed by atoms with Gasteiger partial charge in [0, 0.05) is 40.6 Å². The topological polar surface area (TPSA) is 69.6 Å². The number of ketones is 1. The molecule has 3 aromatic carbocycles. The van der Waals surface area contributed by atoms with Crippen LogP contribution in [0.25, 0.3) is 6.08 Å². The zero-order valence-electron chi connectivity index (χ0n) is 17.1. The van der Waals surface area contributed by atoms with E-state index in [0.717, 1.165) is 15.7 Å². The van der Waals surface area contributed by atoms with Crippen LogP contribution in [-0.2, 0) is 0 Å². The third-order valence-corrected chi connectivity index (χ3v) is 5.26. The SMILES string of the molecule is CN(CCO)c1ccc(/C=C/C(=O)c2ccc(NC(=O)c3ccc(Br)cc3)cc2)cc1. The van der Waals surface area contributed by atoms with Crippen molar-refractivity contribution in [3.8, 4) is 0 Å². The van der Waals surface area contributed by atoms with Gasteiger partial charge in [0.1, 0.15) is 0 Å². The van der Waals surface area contributed by atoms with Crippen LogP contribution in [0.1, 0.15) is 26.3 Å². The van der Waals surface area contributed by atoms with Crippen LogP contribution >= 0.6 is 15.9 Å². The lowest BCUT2D eigenvalue weighted by molar-refractivity contribution is 0.102. The van der Waals surface area contributed by atoms with Gasteiger partial charge < -0.3 is 15.3 Å². The molecule has 0 spiro atoms. The molecule has 0 bridgehead atoms. The van der Waals surface area contributed by atoms with E-state index in [-0.39, 0.29) is 18.3 Å². The molecule has 0 aromatic heterocycles. The minimum Gasteiger partial charge on any atom is -0.395 e. The van der Waals surface area contributed by atoms with E-state index in [1.54, 1.807) is 42.5 Å². The van der Waals surface area contributed by atoms with Gasteiger partial charge in [-0.25, -0.2) is 0 Å². The first-order valence-corrected chi connectivity index (χ1v) is 10.6. The van der Waals surface area contributed by atoms with Gasteiger partial charge in [-0.15, -0.1) is 0 Å². The number of carbonyl (C=O) groups excluding carboxylic acids is 2. The van der Waals surface area contributed by atoms with E-state index >= 15 is 0 Å². The Morgan fingerprint density at radius 1 is 0.935 bits per heavy atom. The van der Waals surface area contributed by atoms with Crippen LogP contribution in [-0.4, -0.2) is 37.0 Å². The van der Waals surface area contributed by atoms with Crippen LogP contribution in [0, 0.1) is 0 Å². The molecular formula is C25H23BrN2O3. The summed E-state index contributed by atoms with van der Waals surface area (Å²) >= 11 is 3.35. The second-order valence-electron chi connectivity index (χ2n) is 6.97. The molecule has 0 heterocycles. The number of nitrogens with one attached hydrogen (secondary N) is 1. The van der Waals surface area contributed by atoms with Gasteiger partial charge in [0.2, 0.25) is 0 Å². The molecule has 2 N–H and O–H groups in total. The van der Waals surface area contributed by atoms with Gasteiger partial charge >= 0.3 is 0 Å². The molecule has 0 saturated heterocycles. The van der Waals surface area contributed by atoms with Crippen LogP contribution in [0.4, 0.5) is 11.4 Å². The van der Waals surface area contributed by atoms with Crippen LogP contribution < -0.4 is 10.2 Å². The Hall–Kier alpha value is -3.22. The van der Waals surface area contributed by atoms with Crippen molar-refractivity contribution in [1.82, 2.24) is 0 Å². The van der Waals surface area contributed by atoms with E-state index in [1.165, 1.54) is 6.08 Å². The van der Waals surface area contributed by atoms with Crippen molar-refractivity contribution in [2.45, 2.75) is 0 Å². The number of aliphatic hydroxyl groups is 1. The third-order valence-electron chi connectivity index (χ3n) is 4.73. The molecule has 1 amide bonds. The summed E-state index contributed by atoms with van der Waals surface area (Å²) < 4.78 is 0.907. The summed E-state index contributed by atoms with van der Waals surface area (Å²) in [4.78, 5) is 26.7. The van der Waals surface area contributed by atoms with Gasteiger partial charge in [-0.05, 0) is 72.3 Å². The zero-order chi connectivity index (χ0) is 22.2. The number of amides is 1. The molecule has 6 heteroatoms. The fourth-order valence-corrected chi connectivity index (χ4v) is 3.17. The van der Waals surface area contributed by atoms with Crippen molar-refractivity contribution in [3.05, 3.63) is 100 Å². The highest BCUT2D eigenvalue weighted by atomic mass is 79.9. The number of carbonyl (C=O) groups is 2. The summed E-state index contributed by atoms with van der Waals surface area (Å²) in [5, 5.41) is 11.8. The van der Waals surface area contributed by atoms with E-state index in [1.807, 2.05) is 48.3 Å². The lowest BCUT2D eigenvalue weighted by Crippen LogP contribution is -2.20. The maximum atomic E-state index is 12.5. The van der Waals surface area contributed by atoms with Crippen LogP contribution in [0.2, 0.25) is 0 Å². The molecule has 0 radical (unpaired) electrons. The van der Waals surface area contributed by atoms with Crippen molar-refractivity contribution in [1.29, 1.82) is 0 Å². The number of anilines is 2. The van der Waals surface area contributed by atoms with Crippen molar-refractivity contribution >= 4 is 45.1 Å². The Balaban J connectivity index is 1.59. The van der Waals surface area contributed by atoms with E-state index < -0.39 is 0 Å². The fourth-order valence-electron chi connectivity index (χ4n) is 2.91. The molecule has 0 aliphatic heterocycles. The molecule has 0 aliphatic carbocycles. The predicted molar refractivity (Wildman–Crippen MR) is 129 cm³/mol. The molecule has 3 aromatic rings. The summed E-state index contributed by atoms with van der Waals surface area (Å²) in [5.41, 5.74) is 3.62. The number of halogens is 1. The molecule has 0 aliphatic rings. The van der Waals surface area contributed by atoms with Crippen molar-refractivity contribution in [2.24, 2.45) is 0 Å². The van der Waals surface area contributed by atoms with E-state index in [4.69, 9.17) is 5.11 Å². The number of hydrogen-bond acceptors (Lipinski definition) is 4. The molecule has 0 fully saturated rings.